The predicted octanol–water partition coefficient (Wildman–Crippen LogP) is 2.81. The Morgan fingerprint density at radius 3 is 2.92 bits per heavy atom. The Morgan fingerprint density at radius 1 is 1.38 bits per heavy atom. The lowest BCUT2D eigenvalue weighted by molar-refractivity contribution is -0.385. The Kier molecular flexibility index (Phi) is 4.63. The molecule has 2 heterocycles. The highest BCUT2D eigenvalue weighted by molar-refractivity contribution is 7.99. The first-order chi connectivity index (χ1) is 11.6. The van der Waals surface area contributed by atoms with E-state index in [-0.39, 0.29) is 5.69 Å². The average Bonchev–Trinajstić information content (AvgIpc) is 3.22. The lowest BCUT2D eigenvalue weighted by Gasteiger charge is -2.10. The molecular formula is C15H14N4O4S. The average molecular weight is 346 g/mol. The van der Waals surface area contributed by atoms with Gasteiger partial charge in [-0.05, 0) is 17.7 Å². The zero-order valence-corrected chi connectivity index (χ0v) is 13.5. The number of thioether (sulfide) groups is 1. The van der Waals surface area contributed by atoms with E-state index in [1.54, 1.807) is 42.1 Å². The molecule has 1 aromatic carbocycles. The van der Waals surface area contributed by atoms with E-state index in [2.05, 4.69) is 10.2 Å². The molecule has 3 rings (SSSR count). The third kappa shape index (κ3) is 3.31. The summed E-state index contributed by atoms with van der Waals surface area (Å²) in [7, 11) is 1.81. The Hall–Kier alpha value is -2.65. The Labute approximate surface area is 141 Å². The second kappa shape index (κ2) is 6.85. The minimum Gasteiger partial charge on any atom is -0.461 e. The summed E-state index contributed by atoms with van der Waals surface area (Å²) in [5.41, 5.74) is 0.445. The molecule has 0 aliphatic heterocycles. The lowest BCUT2D eigenvalue weighted by Crippen LogP contribution is -2.03. The van der Waals surface area contributed by atoms with Crippen LogP contribution in [0.5, 0.6) is 0 Å². The predicted molar refractivity (Wildman–Crippen MR) is 87.5 cm³/mol. The number of nitrogens with zero attached hydrogens (tertiary/aromatic N) is 4. The number of aromatic nitrogens is 3. The number of aliphatic hydroxyl groups excluding tert-OH is 1. The van der Waals surface area contributed by atoms with Crippen LogP contribution < -0.4 is 0 Å². The highest BCUT2D eigenvalue weighted by Gasteiger charge is 2.17. The van der Waals surface area contributed by atoms with Crippen molar-refractivity contribution in [3.8, 4) is 11.6 Å². The molecule has 0 fully saturated rings. The summed E-state index contributed by atoms with van der Waals surface area (Å²) in [6, 6.07) is 9.53. The molecule has 8 nitrogen and oxygen atoms in total. The SMILES string of the molecule is Cn1c(SCC(O)c2cccc([N+](=O)[O-])c2)nnc1-c1ccco1. The van der Waals surface area contributed by atoms with E-state index >= 15 is 0 Å². The van der Waals surface area contributed by atoms with Crippen LogP contribution in [0.1, 0.15) is 11.7 Å². The van der Waals surface area contributed by atoms with Gasteiger partial charge in [-0.15, -0.1) is 10.2 Å². The van der Waals surface area contributed by atoms with Crippen molar-refractivity contribution < 1.29 is 14.4 Å². The zero-order valence-electron chi connectivity index (χ0n) is 12.7. The molecule has 0 saturated carbocycles. The van der Waals surface area contributed by atoms with E-state index < -0.39 is 11.0 Å². The number of aliphatic hydroxyl groups is 1. The number of hydrogen-bond donors (Lipinski definition) is 1. The quantitative estimate of drug-likeness (QED) is 0.415. The number of nitro benzene ring substituents is 1. The number of benzene rings is 1. The van der Waals surface area contributed by atoms with E-state index in [9.17, 15) is 15.2 Å². The van der Waals surface area contributed by atoms with Gasteiger partial charge in [0.25, 0.3) is 5.69 Å². The summed E-state index contributed by atoms with van der Waals surface area (Å²) >= 11 is 1.31. The van der Waals surface area contributed by atoms with Crippen LogP contribution in [0.15, 0.2) is 52.2 Å². The van der Waals surface area contributed by atoms with Crippen LogP contribution in [0.4, 0.5) is 5.69 Å². The number of non-ortho nitro benzene ring substituents is 1. The molecule has 0 aliphatic rings. The molecule has 3 aromatic rings. The van der Waals surface area contributed by atoms with Gasteiger partial charge in [0.2, 0.25) is 0 Å². The molecule has 2 aromatic heterocycles. The van der Waals surface area contributed by atoms with Crippen LogP contribution in [-0.2, 0) is 7.05 Å². The van der Waals surface area contributed by atoms with Crippen molar-refractivity contribution in [2.45, 2.75) is 11.3 Å². The van der Waals surface area contributed by atoms with E-state index in [1.165, 1.54) is 23.9 Å². The number of furan rings is 1. The topological polar surface area (TPSA) is 107 Å². The fourth-order valence-corrected chi connectivity index (χ4v) is 3.03. The number of rotatable bonds is 6. The maximum atomic E-state index is 10.8. The van der Waals surface area contributed by atoms with Crippen LogP contribution >= 0.6 is 11.8 Å². The highest BCUT2D eigenvalue weighted by Crippen LogP contribution is 2.27. The van der Waals surface area contributed by atoms with Crippen molar-refractivity contribution >= 4 is 17.4 Å². The number of hydrogen-bond acceptors (Lipinski definition) is 7. The third-order valence-corrected chi connectivity index (χ3v) is 4.51. The van der Waals surface area contributed by atoms with E-state index in [1.807, 2.05) is 0 Å². The normalized spacial score (nSPS) is 12.2. The molecular weight excluding hydrogens is 332 g/mol. The summed E-state index contributed by atoms with van der Waals surface area (Å²) in [6.45, 7) is 0. The second-order valence-electron chi connectivity index (χ2n) is 5.02. The van der Waals surface area contributed by atoms with Gasteiger partial charge in [0.1, 0.15) is 0 Å². The van der Waals surface area contributed by atoms with Gasteiger partial charge in [0, 0.05) is 24.9 Å². The van der Waals surface area contributed by atoms with Crippen molar-refractivity contribution in [1.82, 2.24) is 14.8 Å². The van der Waals surface area contributed by atoms with E-state index in [0.717, 1.165) is 0 Å². The van der Waals surface area contributed by atoms with E-state index in [0.29, 0.717) is 28.1 Å². The fourth-order valence-electron chi connectivity index (χ4n) is 2.16. The number of nitro groups is 1. The summed E-state index contributed by atoms with van der Waals surface area (Å²) in [4.78, 5) is 10.3. The summed E-state index contributed by atoms with van der Waals surface area (Å²) in [5, 5.41) is 29.8. The molecule has 0 bridgehead atoms. The van der Waals surface area contributed by atoms with Crippen LogP contribution in [0.3, 0.4) is 0 Å². The largest absolute Gasteiger partial charge is 0.461 e. The van der Waals surface area contributed by atoms with Gasteiger partial charge in [-0.1, -0.05) is 23.9 Å². The van der Waals surface area contributed by atoms with Crippen LogP contribution in [0.2, 0.25) is 0 Å². The van der Waals surface area contributed by atoms with Gasteiger partial charge in [-0.2, -0.15) is 0 Å². The molecule has 0 aliphatic carbocycles. The summed E-state index contributed by atoms with van der Waals surface area (Å²) in [6.07, 6.45) is 0.710. The minimum absolute atomic E-state index is 0.0460. The zero-order chi connectivity index (χ0) is 17.1. The molecule has 124 valence electrons. The lowest BCUT2D eigenvalue weighted by atomic mass is 10.1. The standard InChI is InChI=1S/C15H14N4O4S/c1-18-14(13-6-3-7-23-13)16-17-15(18)24-9-12(20)10-4-2-5-11(8-10)19(21)22/h2-8,12,20H,9H2,1H3. The maximum absolute atomic E-state index is 10.8. The second-order valence-corrected chi connectivity index (χ2v) is 6.01. The monoisotopic (exact) mass is 346 g/mol. The van der Waals surface area contributed by atoms with Gasteiger partial charge in [0.05, 0.1) is 17.3 Å². The van der Waals surface area contributed by atoms with E-state index in [4.69, 9.17) is 4.42 Å². The Balaban J connectivity index is 1.70. The van der Waals surface area contributed by atoms with Crippen LogP contribution in [-0.4, -0.2) is 30.5 Å². The molecule has 24 heavy (non-hydrogen) atoms. The summed E-state index contributed by atoms with van der Waals surface area (Å²) in [5.74, 6) is 1.49. The Morgan fingerprint density at radius 2 is 2.21 bits per heavy atom. The molecule has 0 radical (unpaired) electrons. The first-order valence-electron chi connectivity index (χ1n) is 7.04. The van der Waals surface area contributed by atoms with Gasteiger partial charge in [0.15, 0.2) is 16.7 Å². The van der Waals surface area contributed by atoms with Gasteiger partial charge in [-0.25, -0.2) is 0 Å². The van der Waals surface area contributed by atoms with Crippen LogP contribution in [0, 0.1) is 10.1 Å². The first kappa shape index (κ1) is 16.2. The smallest absolute Gasteiger partial charge is 0.269 e. The molecule has 0 saturated heterocycles. The molecule has 1 unspecified atom stereocenters. The van der Waals surface area contributed by atoms with Gasteiger partial charge >= 0.3 is 0 Å². The molecule has 0 amide bonds. The molecule has 1 N–H and O–H groups in total. The maximum Gasteiger partial charge on any atom is 0.269 e. The van der Waals surface area contributed by atoms with Crippen LogP contribution in [0.25, 0.3) is 11.6 Å². The van der Waals surface area contributed by atoms with Crippen molar-refractivity contribution in [3.05, 3.63) is 58.3 Å². The van der Waals surface area contributed by atoms with Gasteiger partial charge < -0.3 is 14.1 Å². The van der Waals surface area contributed by atoms with Gasteiger partial charge in [-0.3, -0.25) is 10.1 Å². The third-order valence-electron chi connectivity index (χ3n) is 3.41. The molecule has 0 spiro atoms. The molecule has 1 atom stereocenters. The van der Waals surface area contributed by atoms with Crippen molar-refractivity contribution in [2.24, 2.45) is 7.05 Å². The first-order valence-corrected chi connectivity index (χ1v) is 8.03. The van der Waals surface area contributed by atoms with Crippen molar-refractivity contribution in [2.75, 3.05) is 5.75 Å². The summed E-state index contributed by atoms with van der Waals surface area (Å²) < 4.78 is 7.07. The highest BCUT2D eigenvalue weighted by atomic mass is 32.2. The molecule has 9 heteroatoms. The Bertz CT molecular complexity index is 847. The van der Waals surface area contributed by atoms with Crippen molar-refractivity contribution in [1.29, 1.82) is 0 Å². The minimum atomic E-state index is -0.848. The van der Waals surface area contributed by atoms with Crippen molar-refractivity contribution in [3.63, 3.8) is 0 Å². The fraction of sp³-hybridized carbons (Fsp3) is 0.200.